The number of piperidine rings is 1. The fourth-order valence-electron chi connectivity index (χ4n) is 1.86. The molecule has 0 unspecified atom stereocenters. The van der Waals surface area contributed by atoms with Crippen LogP contribution in [0.1, 0.15) is 19.0 Å². The third-order valence-electron chi connectivity index (χ3n) is 3.00. The maximum absolute atomic E-state index is 13.3. The standard InChI is InChI=1S/C11H15F2N3/c1-8-7-16(6-4-11(8,12)13)10-14-5-3-9(2)15-10/h3,5,8H,4,6-7H2,1-2H3/t8-/m0/s1. The van der Waals surface area contributed by atoms with E-state index in [-0.39, 0.29) is 6.42 Å². The lowest BCUT2D eigenvalue weighted by Gasteiger charge is -2.36. The number of rotatable bonds is 1. The Kier molecular flexibility index (Phi) is 2.78. The third kappa shape index (κ3) is 2.13. The SMILES string of the molecule is Cc1ccnc(N2CCC(F)(F)[C@@H](C)C2)n1. The largest absolute Gasteiger partial charge is 0.340 e. The van der Waals surface area contributed by atoms with Crippen LogP contribution in [0.25, 0.3) is 0 Å². The van der Waals surface area contributed by atoms with Crippen molar-refractivity contribution in [1.82, 2.24) is 9.97 Å². The smallest absolute Gasteiger partial charge is 0.254 e. The first-order valence-corrected chi connectivity index (χ1v) is 5.41. The van der Waals surface area contributed by atoms with Crippen LogP contribution >= 0.6 is 0 Å². The first-order chi connectivity index (χ1) is 7.49. The molecule has 0 aliphatic carbocycles. The van der Waals surface area contributed by atoms with Gasteiger partial charge in [0.05, 0.1) is 0 Å². The Morgan fingerprint density at radius 1 is 1.50 bits per heavy atom. The molecule has 0 bridgehead atoms. The summed E-state index contributed by atoms with van der Waals surface area (Å²) in [7, 11) is 0. The lowest BCUT2D eigenvalue weighted by Crippen LogP contribution is -2.46. The second-order valence-electron chi connectivity index (χ2n) is 4.36. The molecule has 1 atom stereocenters. The number of anilines is 1. The predicted molar refractivity (Wildman–Crippen MR) is 57.7 cm³/mol. The Labute approximate surface area is 93.5 Å². The van der Waals surface area contributed by atoms with Crippen molar-refractivity contribution < 1.29 is 8.78 Å². The summed E-state index contributed by atoms with van der Waals surface area (Å²) in [5.41, 5.74) is 0.856. The first kappa shape index (κ1) is 11.2. The van der Waals surface area contributed by atoms with Gasteiger partial charge >= 0.3 is 0 Å². The number of hydrogen-bond donors (Lipinski definition) is 0. The Hall–Kier alpha value is -1.26. The number of aromatic nitrogens is 2. The molecule has 0 spiro atoms. The van der Waals surface area contributed by atoms with Gasteiger partial charge in [-0.15, -0.1) is 0 Å². The van der Waals surface area contributed by atoms with Crippen molar-refractivity contribution in [2.75, 3.05) is 18.0 Å². The zero-order chi connectivity index (χ0) is 11.8. The van der Waals surface area contributed by atoms with E-state index < -0.39 is 11.8 Å². The Morgan fingerprint density at radius 2 is 2.25 bits per heavy atom. The summed E-state index contributed by atoms with van der Waals surface area (Å²) in [5, 5.41) is 0. The van der Waals surface area contributed by atoms with Crippen molar-refractivity contribution >= 4 is 5.95 Å². The number of hydrogen-bond acceptors (Lipinski definition) is 3. The van der Waals surface area contributed by atoms with Gasteiger partial charge in [0.15, 0.2) is 0 Å². The van der Waals surface area contributed by atoms with Crippen LogP contribution in [0.5, 0.6) is 0 Å². The van der Waals surface area contributed by atoms with E-state index in [0.717, 1.165) is 5.69 Å². The predicted octanol–water partition coefficient (Wildman–Crippen LogP) is 2.27. The average Bonchev–Trinajstić information content (AvgIpc) is 2.22. The number of alkyl halides is 2. The van der Waals surface area contributed by atoms with Crippen LogP contribution in [-0.2, 0) is 0 Å². The molecule has 1 aliphatic heterocycles. The van der Waals surface area contributed by atoms with Gasteiger partial charge < -0.3 is 4.90 Å². The molecule has 16 heavy (non-hydrogen) atoms. The maximum atomic E-state index is 13.3. The van der Waals surface area contributed by atoms with Crippen LogP contribution in [0, 0.1) is 12.8 Å². The summed E-state index contributed by atoms with van der Waals surface area (Å²) in [5.74, 6) is -2.65. The number of nitrogens with zero attached hydrogens (tertiary/aromatic N) is 3. The highest BCUT2D eigenvalue weighted by atomic mass is 19.3. The van der Waals surface area contributed by atoms with Crippen molar-refractivity contribution in [2.45, 2.75) is 26.2 Å². The van der Waals surface area contributed by atoms with Crippen LogP contribution in [-0.4, -0.2) is 29.0 Å². The molecule has 0 amide bonds. The van der Waals surface area contributed by atoms with Crippen LogP contribution in [0.2, 0.25) is 0 Å². The molecular formula is C11H15F2N3. The third-order valence-corrected chi connectivity index (χ3v) is 3.00. The van der Waals surface area contributed by atoms with Crippen molar-refractivity contribution in [2.24, 2.45) is 5.92 Å². The highest BCUT2D eigenvalue weighted by Gasteiger charge is 2.41. The molecule has 1 fully saturated rings. The van der Waals surface area contributed by atoms with E-state index in [4.69, 9.17) is 0 Å². The minimum atomic E-state index is -2.56. The molecule has 1 saturated heterocycles. The number of aryl methyl sites for hydroxylation is 1. The van der Waals surface area contributed by atoms with E-state index in [1.807, 2.05) is 11.8 Å². The minimum absolute atomic E-state index is 0.120. The van der Waals surface area contributed by atoms with E-state index in [2.05, 4.69) is 9.97 Å². The molecule has 0 N–H and O–H groups in total. The molecule has 0 aromatic carbocycles. The summed E-state index contributed by atoms with van der Waals surface area (Å²) in [6, 6.07) is 1.80. The van der Waals surface area contributed by atoms with E-state index in [1.54, 1.807) is 19.2 Å². The number of halogens is 2. The molecule has 2 rings (SSSR count). The zero-order valence-electron chi connectivity index (χ0n) is 9.45. The topological polar surface area (TPSA) is 29.0 Å². The molecule has 1 aromatic rings. The Morgan fingerprint density at radius 3 is 2.88 bits per heavy atom. The highest BCUT2D eigenvalue weighted by Crippen LogP contribution is 2.33. The maximum Gasteiger partial charge on any atom is 0.254 e. The highest BCUT2D eigenvalue weighted by molar-refractivity contribution is 5.31. The summed E-state index contributed by atoms with van der Waals surface area (Å²) in [6.07, 6.45) is 1.54. The van der Waals surface area contributed by atoms with Crippen LogP contribution < -0.4 is 4.90 Å². The van der Waals surface area contributed by atoms with Gasteiger partial charge in [-0.05, 0) is 13.0 Å². The molecule has 2 heterocycles. The van der Waals surface area contributed by atoms with Crippen LogP contribution in [0.4, 0.5) is 14.7 Å². The van der Waals surface area contributed by atoms with Gasteiger partial charge in [-0.1, -0.05) is 6.92 Å². The van der Waals surface area contributed by atoms with Gasteiger partial charge in [0.25, 0.3) is 5.92 Å². The second kappa shape index (κ2) is 3.96. The summed E-state index contributed by atoms with van der Waals surface area (Å²) in [4.78, 5) is 10.2. The lowest BCUT2D eigenvalue weighted by molar-refractivity contribution is -0.0653. The minimum Gasteiger partial charge on any atom is -0.340 e. The van der Waals surface area contributed by atoms with Crippen LogP contribution in [0.3, 0.4) is 0 Å². The van der Waals surface area contributed by atoms with E-state index in [1.165, 1.54) is 0 Å². The molecule has 1 aromatic heterocycles. The Balaban J connectivity index is 2.14. The van der Waals surface area contributed by atoms with Gasteiger partial charge in [-0.3, -0.25) is 0 Å². The summed E-state index contributed by atoms with van der Waals surface area (Å²) >= 11 is 0. The fraction of sp³-hybridized carbons (Fsp3) is 0.636. The van der Waals surface area contributed by atoms with Crippen molar-refractivity contribution in [3.8, 4) is 0 Å². The normalized spacial score (nSPS) is 24.5. The zero-order valence-corrected chi connectivity index (χ0v) is 9.45. The quantitative estimate of drug-likeness (QED) is 0.737. The first-order valence-electron chi connectivity index (χ1n) is 5.41. The molecule has 3 nitrogen and oxygen atoms in total. The molecule has 0 radical (unpaired) electrons. The van der Waals surface area contributed by atoms with Crippen molar-refractivity contribution in [1.29, 1.82) is 0 Å². The molecule has 5 heteroatoms. The molecular weight excluding hydrogens is 212 g/mol. The monoisotopic (exact) mass is 227 g/mol. The van der Waals surface area contributed by atoms with E-state index >= 15 is 0 Å². The van der Waals surface area contributed by atoms with Gasteiger partial charge in [0.2, 0.25) is 5.95 Å². The summed E-state index contributed by atoms with van der Waals surface area (Å²) < 4.78 is 26.6. The van der Waals surface area contributed by atoms with E-state index in [9.17, 15) is 8.78 Å². The van der Waals surface area contributed by atoms with Gasteiger partial charge in [-0.25, -0.2) is 18.7 Å². The lowest BCUT2D eigenvalue weighted by atomic mass is 9.96. The van der Waals surface area contributed by atoms with E-state index in [0.29, 0.717) is 19.0 Å². The fourth-order valence-corrected chi connectivity index (χ4v) is 1.86. The van der Waals surface area contributed by atoms with Gasteiger partial charge in [-0.2, -0.15) is 0 Å². The molecule has 88 valence electrons. The second-order valence-corrected chi connectivity index (χ2v) is 4.36. The average molecular weight is 227 g/mol. The van der Waals surface area contributed by atoms with Gasteiger partial charge in [0, 0.05) is 37.3 Å². The van der Waals surface area contributed by atoms with Crippen molar-refractivity contribution in [3.05, 3.63) is 18.0 Å². The Bertz CT molecular complexity index is 381. The van der Waals surface area contributed by atoms with Gasteiger partial charge in [0.1, 0.15) is 0 Å². The molecule has 0 saturated carbocycles. The van der Waals surface area contributed by atoms with Crippen LogP contribution in [0.15, 0.2) is 12.3 Å². The summed E-state index contributed by atoms with van der Waals surface area (Å²) in [6.45, 7) is 4.08. The van der Waals surface area contributed by atoms with Crippen molar-refractivity contribution in [3.63, 3.8) is 0 Å². The molecule has 1 aliphatic rings.